The number of fused-ring (bicyclic) bond motifs is 1. The first-order valence-corrected chi connectivity index (χ1v) is 13.5. The molecular weight excluding hydrogens is 510 g/mol. The van der Waals surface area contributed by atoms with Crippen LogP contribution in [0, 0.1) is 11.8 Å². The predicted molar refractivity (Wildman–Crippen MR) is 144 cm³/mol. The fraction of sp³-hybridized carbons (Fsp3) is 0.407. The molecular formula is C27H32BrN3O2S. The molecule has 2 heterocycles. The Morgan fingerprint density at radius 1 is 1.15 bits per heavy atom. The summed E-state index contributed by atoms with van der Waals surface area (Å²) in [5, 5.41) is 3.02. The summed E-state index contributed by atoms with van der Waals surface area (Å²) in [5.74, 6) is 1.20. The van der Waals surface area contributed by atoms with Gasteiger partial charge in [-0.3, -0.25) is 14.5 Å². The Morgan fingerprint density at radius 2 is 1.91 bits per heavy atom. The van der Waals surface area contributed by atoms with Crippen molar-refractivity contribution in [1.29, 1.82) is 0 Å². The number of benzene rings is 2. The number of piperidine rings is 1. The highest BCUT2D eigenvalue weighted by molar-refractivity contribution is 9.10. The van der Waals surface area contributed by atoms with Crippen molar-refractivity contribution in [2.75, 3.05) is 37.6 Å². The quantitative estimate of drug-likeness (QED) is 0.376. The van der Waals surface area contributed by atoms with E-state index in [1.54, 1.807) is 4.90 Å². The van der Waals surface area contributed by atoms with Gasteiger partial charge in [0.15, 0.2) is 0 Å². The fourth-order valence-corrected chi connectivity index (χ4v) is 6.35. The van der Waals surface area contributed by atoms with Gasteiger partial charge in [-0.25, -0.2) is 0 Å². The molecule has 180 valence electrons. The first-order valence-electron chi connectivity index (χ1n) is 11.9. The monoisotopic (exact) mass is 541 g/mol. The molecule has 2 aromatic rings. The minimum Gasteiger partial charge on any atom is -0.355 e. The number of hydrogen-bond donors (Lipinski definition) is 1. The SMILES string of the molecule is CC1CC(C)CN(CCCNC(=O)CN2C(=O)/C(=C\c3cccc(Br)c3)Sc3ccccc32)C1. The molecule has 1 saturated heterocycles. The van der Waals surface area contributed by atoms with Crippen LogP contribution in [0.25, 0.3) is 6.08 Å². The second-order valence-corrected chi connectivity index (χ2v) is 11.4. The number of nitrogens with one attached hydrogen (secondary N) is 1. The number of carbonyl (C=O) groups is 2. The summed E-state index contributed by atoms with van der Waals surface area (Å²) in [6.45, 7) is 8.55. The van der Waals surface area contributed by atoms with Crippen molar-refractivity contribution < 1.29 is 9.59 Å². The first kappa shape index (κ1) is 25.0. The number of likely N-dealkylation sites (tertiary alicyclic amines) is 1. The molecule has 2 atom stereocenters. The molecule has 4 rings (SSSR count). The van der Waals surface area contributed by atoms with Crippen molar-refractivity contribution in [2.45, 2.75) is 31.6 Å². The number of nitrogens with zero attached hydrogens (tertiary/aromatic N) is 2. The van der Waals surface area contributed by atoms with Gasteiger partial charge in [0.1, 0.15) is 6.54 Å². The molecule has 0 saturated carbocycles. The van der Waals surface area contributed by atoms with Gasteiger partial charge < -0.3 is 10.2 Å². The van der Waals surface area contributed by atoms with Gasteiger partial charge in [-0.1, -0.05) is 65.8 Å². The standard InChI is InChI=1S/C27H32BrN3O2S/c1-19-13-20(2)17-30(16-19)12-6-11-29-26(32)18-31-23-9-3-4-10-24(23)34-25(27(31)33)15-21-7-5-8-22(28)14-21/h3-5,7-10,14-15,19-20H,6,11-13,16-18H2,1-2H3,(H,29,32)/b25-15+. The van der Waals surface area contributed by atoms with Crippen LogP contribution in [0.3, 0.4) is 0 Å². The van der Waals surface area contributed by atoms with Gasteiger partial charge in [0.05, 0.1) is 10.6 Å². The molecule has 0 bridgehead atoms. The Bertz CT molecular complexity index is 1060. The first-order chi connectivity index (χ1) is 16.4. The van der Waals surface area contributed by atoms with Crippen molar-refractivity contribution in [3.63, 3.8) is 0 Å². The van der Waals surface area contributed by atoms with E-state index in [0.717, 1.165) is 58.5 Å². The molecule has 0 spiro atoms. The maximum absolute atomic E-state index is 13.3. The van der Waals surface area contributed by atoms with E-state index >= 15 is 0 Å². The number of rotatable bonds is 7. The molecule has 7 heteroatoms. The van der Waals surface area contributed by atoms with Gasteiger partial charge in [0.2, 0.25) is 5.91 Å². The van der Waals surface area contributed by atoms with Gasteiger partial charge in [0, 0.05) is 29.0 Å². The van der Waals surface area contributed by atoms with E-state index in [-0.39, 0.29) is 18.4 Å². The summed E-state index contributed by atoms with van der Waals surface area (Å²) in [6.07, 6.45) is 4.10. The molecule has 2 aliphatic heterocycles. The lowest BCUT2D eigenvalue weighted by atomic mass is 9.92. The molecule has 2 aliphatic rings. The van der Waals surface area contributed by atoms with E-state index in [0.29, 0.717) is 11.4 Å². The molecule has 2 amide bonds. The number of hydrogen-bond acceptors (Lipinski definition) is 4. The smallest absolute Gasteiger partial charge is 0.265 e. The minimum atomic E-state index is -0.143. The van der Waals surface area contributed by atoms with Crippen LogP contribution < -0.4 is 10.2 Å². The highest BCUT2D eigenvalue weighted by Crippen LogP contribution is 2.42. The third kappa shape index (κ3) is 6.52. The zero-order valence-electron chi connectivity index (χ0n) is 19.8. The Balaban J connectivity index is 1.38. The lowest BCUT2D eigenvalue weighted by molar-refractivity contribution is -0.122. The summed E-state index contributed by atoms with van der Waals surface area (Å²) in [7, 11) is 0. The average Bonchev–Trinajstić information content (AvgIpc) is 2.79. The molecule has 1 N–H and O–H groups in total. The normalized spacial score (nSPS) is 22.0. The number of halogens is 1. The second-order valence-electron chi connectivity index (χ2n) is 9.43. The van der Waals surface area contributed by atoms with Crippen LogP contribution >= 0.6 is 27.7 Å². The van der Waals surface area contributed by atoms with Crippen molar-refractivity contribution in [3.8, 4) is 0 Å². The van der Waals surface area contributed by atoms with Crippen LogP contribution in [0.1, 0.15) is 32.3 Å². The Hall–Kier alpha value is -2.09. The van der Waals surface area contributed by atoms with Crippen LogP contribution in [0.4, 0.5) is 5.69 Å². The third-order valence-corrected chi connectivity index (χ3v) is 7.77. The fourth-order valence-electron chi connectivity index (χ4n) is 4.87. The van der Waals surface area contributed by atoms with Gasteiger partial charge >= 0.3 is 0 Å². The lowest BCUT2D eigenvalue weighted by Gasteiger charge is -2.35. The molecule has 0 aliphatic carbocycles. The highest BCUT2D eigenvalue weighted by atomic mass is 79.9. The zero-order chi connectivity index (χ0) is 24.1. The number of carbonyl (C=O) groups excluding carboxylic acids is 2. The van der Waals surface area contributed by atoms with Gasteiger partial charge in [-0.2, -0.15) is 0 Å². The van der Waals surface area contributed by atoms with Gasteiger partial charge in [-0.05, 0) is 67.1 Å². The largest absolute Gasteiger partial charge is 0.355 e. The van der Waals surface area contributed by atoms with E-state index in [4.69, 9.17) is 0 Å². The maximum Gasteiger partial charge on any atom is 0.265 e. The topological polar surface area (TPSA) is 52.7 Å². The summed E-state index contributed by atoms with van der Waals surface area (Å²) < 4.78 is 0.959. The number of para-hydroxylation sites is 1. The summed E-state index contributed by atoms with van der Waals surface area (Å²) in [5.41, 5.74) is 1.73. The number of anilines is 1. The number of amides is 2. The zero-order valence-corrected chi connectivity index (χ0v) is 22.2. The van der Waals surface area contributed by atoms with Crippen LogP contribution in [-0.4, -0.2) is 49.4 Å². The van der Waals surface area contributed by atoms with E-state index < -0.39 is 0 Å². The van der Waals surface area contributed by atoms with Crippen LogP contribution in [0.5, 0.6) is 0 Å². The lowest BCUT2D eigenvalue weighted by Crippen LogP contribution is -2.43. The molecule has 2 aromatic carbocycles. The van der Waals surface area contributed by atoms with Gasteiger partial charge in [0.25, 0.3) is 5.91 Å². The second kappa shape index (κ2) is 11.6. The van der Waals surface area contributed by atoms with E-state index in [1.165, 1.54) is 18.2 Å². The van der Waals surface area contributed by atoms with Crippen molar-refractivity contribution in [3.05, 3.63) is 63.5 Å². The number of thioether (sulfide) groups is 1. The van der Waals surface area contributed by atoms with Crippen LogP contribution in [0.2, 0.25) is 0 Å². The molecule has 2 unspecified atom stereocenters. The van der Waals surface area contributed by atoms with E-state index in [2.05, 4.69) is 40.0 Å². The van der Waals surface area contributed by atoms with Crippen molar-refractivity contribution >= 4 is 51.3 Å². The molecule has 0 radical (unpaired) electrons. The molecule has 0 aromatic heterocycles. The van der Waals surface area contributed by atoms with Crippen LogP contribution in [-0.2, 0) is 9.59 Å². The van der Waals surface area contributed by atoms with Crippen molar-refractivity contribution in [1.82, 2.24) is 10.2 Å². The predicted octanol–water partition coefficient (Wildman–Crippen LogP) is 5.41. The highest BCUT2D eigenvalue weighted by Gasteiger charge is 2.30. The van der Waals surface area contributed by atoms with E-state index in [9.17, 15) is 9.59 Å². The summed E-state index contributed by atoms with van der Waals surface area (Å²) in [6, 6.07) is 15.6. The summed E-state index contributed by atoms with van der Waals surface area (Å²) in [4.78, 5) is 31.8. The third-order valence-electron chi connectivity index (χ3n) is 6.20. The van der Waals surface area contributed by atoms with E-state index in [1.807, 2.05) is 54.6 Å². The van der Waals surface area contributed by atoms with Gasteiger partial charge in [-0.15, -0.1) is 0 Å². The summed E-state index contributed by atoms with van der Waals surface area (Å²) >= 11 is 4.94. The molecule has 1 fully saturated rings. The average molecular weight is 543 g/mol. The minimum absolute atomic E-state index is 0.0179. The Labute approximate surface area is 215 Å². The molecule has 5 nitrogen and oxygen atoms in total. The Morgan fingerprint density at radius 3 is 2.68 bits per heavy atom. The Kier molecular flexibility index (Phi) is 8.51. The van der Waals surface area contributed by atoms with Crippen LogP contribution in [0.15, 0.2) is 62.8 Å². The maximum atomic E-state index is 13.3. The molecule has 34 heavy (non-hydrogen) atoms. The van der Waals surface area contributed by atoms with Crippen molar-refractivity contribution in [2.24, 2.45) is 11.8 Å².